The zero-order valence-corrected chi connectivity index (χ0v) is 23.2. The Labute approximate surface area is 259 Å². The van der Waals surface area contributed by atoms with Gasteiger partial charge in [-0.1, -0.05) is 109 Å². The smallest absolute Gasteiger partial charge is 0.167 e. The molecule has 0 saturated carbocycles. The van der Waals surface area contributed by atoms with Crippen LogP contribution in [0.3, 0.4) is 0 Å². The molecule has 0 N–H and O–H groups in total. The molecular weight excluding hydrogens is 540 g/mol. The van der Waals surface area contributed by atoms with Gasteiger partial charge in [-0.05, 0) is 36.4 Å². The molecule has 0 aliphatic heterocycles. The van der Waals surface area contributed by atoms with Crippen LogP contribution in [-0.2, 0) is 0 Å². The highest BCUT2D eigenvalue weighted by atomic mass is 16.3. The summed E-state index contributed by atoms with van der Waals surface area (Å²) in [6, 6.07) is 35.8. The summed E-state index contributed by atoms with van der Waals surface area (Å²) < 4.78 is 50.6. The molecule has 0 spiro atoms. The Kier molecular flexibility index (Phi) is 4.42. The van der Waals surface area contributed by atoms with Gasteiger partial charge in [-0.15, -0.1) is 0 Å². The number of para-hydroxylation sites is 3. The maximum absolute atomic E-state index is 8.61. The van der Waals surface area contributed by atoms with Crippen LogP contribution in [0.25, 0.3) is 83.6 Å². The standard InChI is InChI=1S/C39H24N4O/c1-3-12-25(13-4-1)37-40-38(26-14-5-2-6-15-26)42-39(41-37)31-19-11-18-30-32-24-27(22-23-35(32)44-36(30)31)43-33-20-9-7-16-28(33)29-17-8-10-21-34(29)43/h1-24H/i1D,3D,4D,12D,13D. The van der Waals surface area contributed by atoms with Crippen LogP contribution < -0.4 is 0 Å². The van der Waals surface area contributed by atoms with Gasteiger partial charge in [0.05, 0.1) is 23.5 Å². The molecule has 0 radical (unpaired) electrons. The summed E-state index contributed by atoms with van der Waals surface area (Å²) in [6.45, 7) is 0. The van der Waals surface area contributed by atoms with E-state index in [9.17, 15) is 0 Å². The van der Waals surface area contributed by atoms with Gasteiger partial charge in [0, 0.05) is 38.4 Å². The van der Waals surface area contributed by atoms with Gasteiger partial charge in [-0.3, -0.25) is 0 Å². The Bertz CT molecular complexity index is 2710. The van der Waals surface area contributed by atoms with Crippen molar-refractivity contribution in [1.82, 2.24) is 19.5 Å². The second-order valence-corrected chi connectivity index (χ2v) is 10.5. The lowest BCUT2D eigenvalue weighted by Crippen LogP contribution is -2.00. The predicted molar refractivity (Wildman–Crippen MR) is 178 cm³/mol. The summed E-state index contributed by atoms with van der Waals surface area (Å²) in [6.07, 6.45) is 0. The minimum Gasteiger partial charge on any atom is -0.455 e. The van der Waals surface area contributed by atoms with Crippen LogP contribution in [0.15, 0.2) is 150 Å². The first-order valence-corrected chi connectivity index (χ1v) is 14.2. The van der Waals surface area contributed by atoms with E-state index < -0.39 is 18.1 Å². The SMILES string of the molecule is [2H]c1c([2H])c([2H])c(-c2nc(-c3ccccc3)nc(-c3cccc4c3oc3ccc(-n5c6ccccc6c6ccccc65)cc34)n2)c([2H])c1[2H]. The van der Waals surface area contributed by atoms with Crippen molar-refractivity contribution in [1.29, 1.82) is 0 Å². The molecule has 0 fully saturated rings. The zero-order valence-electron chi connectivity index (χ0n) is 28.2. The fourth-order valence-electron chi connectivity index (χ4n) is 5.99. The molecular formula is C39H24N4O. The second kappa shape index (κ2) is 9.75. The van der Waals surface area contributed by atoms with Crippen molar-refractivity contribution in [2.24, 2.45) is 0 Å². The highest BCUT2D eigenvalue weighted by molar-refractivity contribution is 6.12. The van der Waals surface area contributed by atoms with E-state index in [2.05, 4.69) is 58.1 Å². The molecule has 3 aromatic heterocycles. The number of hydrogen-bond donors (Lipinski definition) is 0. The topological polar surface area (TPSA) is 56.7 Å². The molecule has 9 rings (SSSR count). The van der Waals surface area contributed by atoms with E-state index in [1.54, 1.807) is 0 Å². The summed E-state index contributed by atoms with van der Waals surface area (Å²) in [5.74, 6) is 0.528. The Balaban J connectivity index is 1.28. The molecule has 206 valence electrons. The molecule has 0 unspecified atom stereocenters. The predicted octanol–water partition coefficient (Wildman–Crippen LogP) is 9.87. The van der Waals surface area contributed by atoms with Crippen LogP contribution in [0, 0.1) is 0 Å². The molecule has 0 bridgehead atoms. The first-order valence-electron chi connectivity index (χ1n) is 16.7. The third kappa shape index (κ3) is 3.83. The first-order chi connectivity index (χ1) is 23.9. The van der Waals surface area contributed by atoms with Crippen LogP contribution in [-0.4, -0.2) is 19.5 Å². The Morgan fingerprint density at radius 3 is 1.91 bits per heavy atom. The number of furan rings is 1. The van der Waals surface area contributed by atoms with Crippen molar-refractivity contribution in [2.45, 2.75) is 0 Å². The second-order valence-electron chi connectivity index (χ2n) is 10.5. The monoisotopic (exact) mass is 569 g/mol. The van der Waals surface area contributed by atoms with E-state index in [1.165, 1.54) is 10.8 Å². The molecule has 5 nitrogen and oxygen atoms in total. The van der Waals surface area contributed by atoms with Gasteiger partial charge in [0.1, 0.15) is 11.2 Å². The minimum atomic E-state index is -0.483. The zero-order chi connectivity index (χ0) is 33.4. The average Bonchev–Trinajstić information content (AvgIpc) is 3.69. The Morgan fingerprint density at radius 1 is 0.523 bits per heavy atom. The van der Waals surface area contributed by atoms with Crippen LogP contribution in [0.2, 0.25) is 0 Å². The highest BCUT2D eigenvalue weighted by Crippen LogP contribution is 2.38. The number of nitrogens with zero attached hydrogens (tertiary/aromatic N) is 4. The fraction of sp³-hybridized carbons (Fsp3) is 0. The quantitative estimate of drug-likeness (QED) is 0.212. The highest BCUT2D eigenvalue weighted by Gasteiger charge is 2.19. The Hall–Kier alpha value is -6.07. The maximum Gasteiger partial charge on any atom is 0.167 e. The van der Waals surface area contributed by atoms with E-state index in [1.807, 2.05) is 66.7 Å². The van der Waals surface area contributed by atoms with Gasteiger partial charge in [0.25, 0.3) is 0 Å². The van der Waals surface area contributed by atoms with Crippen molar-refractivity contribution < 1.29 is 11.3 Å². The molecule has 9 aromatic rings. The number of fused-ring (bicyclic) bond motifs is 6. The molecule has 0 amide bonds. The summed E-state index contributed by atoms with van der Waals surface area (Å²) >= 11 is 0. The van der Waals surface area contributed by atoms with E-state index in [0.717, 1.165) is 27.5 Å². The van der Waals surface area contributed by atoms with Crippen molar-refractivity contribution in [3.05, 3.63) is 145 Å². The van der Waals surface area contributed by atoms with Crippen molar-refractivity contribution in [3.8, 4) is 39.9 Å². The van der Waals surface area contributed by atoms with Crippen molar-refractivity contribution in [2.75, 3.05) is 0 Å². The molecule has 3 heterocycles. The molecule has 0 aliphatic carbocycles. The lowest BCUT2D eigenvalue weighted by molar-refractivity contribution is 0.669. The van der Waals surface area contributed by atoms with Crippen molar-refractivity contribution in [3.63, 3.8) is 0 Å². The van der Waals surface area contributed by atoms with Crippen LogP contribution in [0.5, 0.6) is 0 Å². The Morgan fingerprint density at radius 2 is 1.16 bits per heavy atom. The van der Waals surface area contributed by atoms with Gasteiger partial charge in [-0.25, -0.2) is 15.0 Å². The molecule has 0 saturated heterocycles. The molecule has 44 heavy (non-hydrogen) atoms. The van der Waals surface area contributed by atoms with Gasteiger partial charge in [-0.2, -0.15) is 0 Å². The van der Waals surface area contributed by atoms with Gasteiger partial charge < -0.3 is 8.98 Å². The molecule has 5 heteroatoms. The van der Waals surface area contributed by atoms with Gasteiger partial charge in [0.15, 0.2) is 17.5 Å². The lowest BCUT2D eigenvalue weighted by atomic mass is 10.1. The van der Waals surface area contributed by atoms with E-state index >= 15 is 0 Å². The summed E-state index contributed by atoms with van der Waals surface area (Å²) in [5, 5.41) is 4.13. The summed E-state index contributed by atoms with van der Waals surface area (Å²) in [7, 11) is 0. The third-order valence-electron chi connectivity index (χ3n) is 7.95. The normalized spacial score (nSPS) is 13.2. The van der Waals surface area contributed by atoms with Gasteiger partial charge in [0.2, 0.25) is 0 Å². The summed E-state index contributed by atoms with van der Waals surface area (Å²) in [4.78, 5) is 14.2. The fourth-order valence-corrected chi connectivity index (χ4v) is 5.99. The van der Waals surface area contributed by atoms with Crippen LogP contribution in [0.4, 0.5) is 0 Å². The molecule has 6 aromatic carbocycles. The van der Waals surface area contributed by atoms with E-state index in [4.69, 9.17) is 21.2 Å². The van der Waals surface area contributed by atoms with Gasteiger partial charge >= 0.3 is 0 Å². The largest absolute Gasteiger partial charge is 0.455 e. The minimum absolute atomic E-state index is 0.0254. The maximum atomic E-state index is 8.61. The van der Waals surface area contributed by atoms with Crippen molar-refractivity contribution >= 4 is 43.7 Å². The molecule has 0 atom stereocenters. The first kappa shape index (κ1) is 19.9. The summed E-state index contributed by atoms with van der Waals surface area (Å²) in [5.41, 5.74) is 5.63. The number of aromatic nitrogens is 4. The van der Waals surface area contributed by atoms with Crippen LogP contribution >= 0.6 is 0 Å². The average molecular weight is 570 g/mol. The number of benzene rings is 6. The van der Waals surface area contributed by atoms with E-state index in [-0.39, 0.29) is 29.3 Å². The van der Waals surface area contributed by atoms with Crippen LogP contribution in [0.1, 0.15) is 6.85 Å². The number of hydrogen-bond acceptors (Lipinski definition) is 4. The van der Waals surface area contributed by atoms with E-state index in [0.29, 0.717) is 28.1 Å². The third-order valence-corrected chi connectivity index (χ3v) is 7.95. The lowest BCUT2D eigenvalue weighted by Gasteiger charge is -2.08. The molecule has 0 aliphatic rings. The number of rotatable bonds is 4.